The number of nitrogens with one attached hydrogen (secondary N) is 1. The van der Waals surface area contributed by atoms with Crippen molar-refractivity contribution in [1.82, 2.24) is 19.6 Å². The molecule has 0 bridgehead atoms. The van der Waals surface area contributed by atoms with Crippen LogP contribution in [-0.2, 0) is 11.2 Å². The molecule has 4 heterocycles. The molecule has 6 heteroatoms. The summed E-state index contributed by atoms with van der Waals surface area (Å²) in [5.74, 6) is 1.76. The van der Waals surface area contributed by atoms with Crippen LogP contribution in [0.5, 0.6) is 0 Å². The highest BCUT2D eigenvalue weighted by molar-refractivity contribution is 7.15. The van der Waals surface area contributed by atoms with Crippen LogP contribution in [0.3, 0.4) is 0 Å². The van der Waals surface area contributed by atoms with Crippen LogP contribution in [0.25, 0.3) is 4.96 Å². The third-order valence-electron chi connectivity index (χ3n) is 4.85. The molecule has 2 fully saturated rings. The Labute approximate surface area is 128 Å². The molecule has 0 saturated carbocycles. The number of nitrogens with zero attached hydrogens (tertiary/aromatic N) is 3. The maximum atomic E-state index is 12.5. The molecule has 0 aliphatic carbocycles. The molecule has 112 valence electrons. The molecule has 2 aromatic heterocycles. The summed E-state index contributed by atoms with van der Waals surface area (Å²) in [6.45, 7) is 4.07. The lowest BCUT2D eigenvalue weighted by Crippen LogP contribution is -2.34. The molecule has 0 unspecified atom stereocenters. The van der Waals surface area contributed by atoms with Gasteiger partial charge in [0.2, 0.25) is 5.91 Å². The Bertz CT molecular complexity index is 606. The number of thiazole rings is 1. The fourth-order valence-corrected chi connectivity index (χ4v) is 4.31. The average Bonchev–Trinajstić information content (AvgIpc) is 3.12. The van der Waals surface area contributed by atoms with Crippen molar-refractivity contribution >= 4 is 22.2 Å². The van der Waals surface area contributed by atoms with E-state index < -0.39 is 0 Å². The molecule has 5 nitrogen and oxygen atoms in total. The van der Waals surface area contributed by atoms with E-state index in [4.69, 9.17) is 0 Å². The minimum Gasteiger partial charge on any atom is -0.342 e. The first-order chi connectivity index (χ1) is 10.3. The topological polar surface area (TPSA) is 49.6 Å². The number of hydrogen-bond acceptors (Lipinski definition) is 4. The lowest BCUT2D eigenvalue weighted by Gasteiger charge is -2.20. The zero-order valence-electron chi connectivity index (χ0n) is 12.0. The van der Waals surface area contributed by atoms with Gasteiger partial charge in [0.1, 0.15) is 0 Å². The van der Waals surface area contributed by atoms with Gasteiger partial charge < -0.3 is 10.2 Å². The quantitative estimate of drug-likeness (QED) is 0.912. The van der Waals surface area contributed by atoms with Gasteiger partial charge in [0.05, 0.1) is 12.1 Å². The van der Waals surface area contributed by atoms with E-state index in [9.17, 15) is 4.79 Å². The highest BCUT2D eigenvalue weighted by Crippen LogP contribution is 2.27. The predicted octanol–water partition coefficient (Wildman–Crippen LogP) is 1.40. The normalized spacial score (nSPS) is 26.0. The van der Waals surface area contributed by atoms with Gasteiger partial charge in [0.25, 0.3) is 0 Å². The van der Waals surface area contributed by atoms with E-state index in [1.165, 1.54) is 0 Å². The van der Waals surface area contributed by atoms with Crippen molar-refractivity contribution < 1.29 is 4.79 Å². The van der Waals surface area contributed by atoms with Gasteiger partial charge in [-0.2, -0.15) is 0 Å². The summed E-state index contributed by atoms with van der Waals surface area (Å²) < 4.78 is 1.99. The van der Waals surface area contributed by atoms with Crippen molar-refractivity contribution in [2.75, 3.05) is 26.2 Å². The van der Waals surface area contributed by atoms with Crippen LogP contribution >= 0.6 is 11.3 Å². The standard InChI is InChI=1S/C15H20N4OS/c20-14(7-13-10-19-5-6-21-15(19)17-13)18-3-1-11-8-16-9-12(11)2-4-18/h5-6,10-12,16H,1-4,7-9H2/t11-,12+. The van der Waals surface area contributed by atoms with Crippen molar-refractivity contribution in [2.24, 2.45) is 11.8 Å². The fourth-order valence-electron chi connectivity index (χ4n) is 3.60. The molecule has 1 amide bonds. The van der Waals surface area contributed by atoms with Gasteiger partial charge in [-0.1, -0.05) is 0 Å². The summed E-state index contributed by atoms with van der Waals surface area (Å²) >= 11 is 1.61. The highest BCUT2D eigenvalue weighted by Gasteiger charge is 2.31. The van der Waals surface area contributed by atoms with Crippen molar-refractivity contribution in [3.05, 3.63) is 23.5 Å². The number of amides is 1. The first-order valence-electron chi connectivity index (χ1n) is 7.69. The van der Waals surface area contributed by atoms with Crippen LogP contribution in [0.2, 0.25) is 0 Å². The van der Waals surface area contributed by atoms with Gasteiger partial charge in [-0.05, 0) is 37.8 Å². The first kappa shape index (κ1) is 13.3. The number of imidazole rings is 1. The lowest BCUT2D eigenvalue weighted by atomic mass is 9.92. The molecule has 1 N–H and O–H groups in total. The second-order valence-electron chi connectivity index (χ2n) is 6.14. The van der Waals surface area contributed by atoms with Gasteiger partial charge in [-0.15, -0.1) is 11.3 Å². The zero-order valence-corrected chi connectivity index (χ0v) is 12.8. The summed E-state index contributed by atoms with van der Waals surface area (Å²) in [7, 11) is 0. The summed E-state index contributed by atoms with van der Waals surface area (Å²) in [6.07, 6.45) is 6.67. The number of hydrogen-bond donors (Lipinski definition) is 1. The summed E-state index contributed by atoms with van der Waals surface area (Å²) in [5, 5.41) is 5.48. The van der Waals surface area contributed by atoms with E-state index >= 15 is 0 Å². The molecule has 2 saturated heterocycles. The molecule has 0 radical (unpaired) electrons. The van der Waals surface area contributed by atoms with Crippen molar-refractivity contribution in [3.63, 3.8) is 0 Å². The second-order valence-corrected chi connectivity index (χ2v) is 7.01. The number of carbonyl (C=O) groups is 1. The van der Waals surface area contributed by atoms with Crippen molar-refractivity contribution in [2.45, 2.75) is 19.3 Å². The number of carbonyl (C=O) groups excluding carboxylic acids is 1. The summed E-state index contributed by atoms with van der Waals surface area (Å²) in [4.78, 5) is 20.0. The van der Waals surface area contributed by atoms with Crippen molar-refractivity contribution in [1.29, 1.82) is 0 Å². The Morgan fingerprint density at radius 1 is 1.33 bits per heavy atom. The number of fused-ring (bicyclic) bond motifs is 2. The molecule has 2 aliphatic heterocycles. The first-order valence-corrected chi connectivity index (χ1v) is 8.57. The smallest absolute Gasteiger partial charge is 0.228 e. The van der Waals surface area contributed by atoms with Crippen molar-refractivity contribution in [3.8, 4) is 0 Å². The molecule has 4 rings (SSSR count). The third kappa shape index (κ3) is 2.58. The highest BCUT2D eigenvalue weighted by atomic mass is 32.1. The summed E-state index contributed by atoms with van der Waals surface area (Å²) in [5.41, 5.74) is 0.887. The van der Waals surface area contributed by atoms with Crippen LogP contribution in [0.15, 0.2) is 17.8 Å². The molecular weight excluding hydrogens is 284 g/mol. The molecule has 2 aromatic rings. The van der Waals surface area contributed by atoms with Gasteiger partial charge in [-0.25, -0.2) is 4.98 Å². The van der Waals surface area contributed by atoms with Crippen LogP contribution in [0.4, 0.5) is 0 Å². The van der Waals surface area contributed by atoms with Crippen LogP contribution in [0.1, 0.15) is 18.5 Å². The van der Waals surface area contributed by atoms with Crippen LogP contribution in [-0.4, -0.2) is 46.4 Å². The SMILES string of the molecule is O=C(Cc1cn2ccsc2n1)N1CC[C@@H]2CNC[C@@H]2CC1. The van der Waals surface area contributed by atoms with E-state index in [2.05, 4.69) is 10.3 Å². The zero-order chi connectivity index (χ0) is 14.2. The Hall–Kier alpha value is -1.40. The molecular formula is C15H20N4OS. The van der Waals surface area contributed by atoms with E-state index in [1.807, 2.05) is 27.1 Å². The van der Waals surface area contributed by atoms with E-state index in [0.29, 0.717) is 6.42 Å². The van der Waals surface area contributed by atoms with Crippen LogP contribution in [0, 0.1) is 11.8 Å². The van der Waals surface area contributed by atoms with Gasteiger partial charge in [-0.3, -0.25) is 9.20 Å². The lowest BCUT2D eigenvalue weighted by molar-refractivity contribution is -0.130. The second kappa shape index (κ2) is 5.42. The number of aromatic nitrogens is 2. The third-order valence-corrected chi connectivity index (χ3v) is 5.62. The van der Waals surface area contributed by atoms with E-state index in [0.717, 1.165) is 61.5 Å². The maximum absolute atomic E-state index is 12.5. The monoisotopic (exact) mass is 304 g/mol. The Kier molecular flexibility index (Phi) is 3.43. The molecule has 2 atom stereocenters. The number of rotatable bonds is 2. The number of likely N-dealkylation sites (tertiary alicyclic amines) is 1. The van der Waals surface area contributed by atoms with Crippen LogP contribution < -0.4 is 5.32 Å². The Morgan fingerprint density at radius 2 is 2.10 bits per heavy atom. The molecule has 0 aromatic carbocycles. The largest absolute Gasteiger partial charge is 0.342 e. The fraction of sp³-hybridized carbons (Fsp3) is 0.600. The molecule has 2 aliphatic rings. The molecule has 0 spiro atoms. The minimum atomic E-state index is 0.230. The van der Waals surface area contributed by atoms with E-state index in [-0.39, 0.29) is 5.91 Å². The maximum Gasteiger partial charge on any atom is 0.228 e. The minimum absolute atomic E-state index is 0.230. The predicted molar refractivity (Wildman–Crippen MR) is 82.4 cm³/mol. The Balaban J connectivity index is 1.41. The summed E-state index contributed by atoms with van der Waals surface area (Å²) in [6, 6.07) is 0. The van der Waals surface area contributed by atoms with Gasteiger partial charge >= 0.3 is 0 Å². The Morgan fingerprint density at radius 3 is 2.81 bits per heavy atom. The molecule has 21 heavy (non-hydrogen) atoms. The van der Waals surface area contributed by atoms with Gasteiger partial charge in [0, 0.05) is 30.9 Å². The van der Waals surface area contributed by atoms with Gasteiger partial charge in [0.15, 0.2) is 4.96 Å². The average molecular weight is 304 g/mol. The van der Waals surface area contributed by atoms with E-state index in [1.54, 1.807) is 11.3 Å².